The first-order valence-electron chi connectivity index (χ1n) is 5.88. The van der Waals surface area contributed by atoms with E-state index in [0.29, 0.717) is 24.1 Å². The zero-order valence-corrected chi connectivity index (χ0v) is 10.1. The van der Waals surface area contributed by atoms with Crippen LogP contribution in [0.15, 0.2) is 12.1 Å². The van der Waals surface area contributed by atoms with Crippen LogP contribution in [0, 0.1) is 17.6 Å². The number of hydrogen-bond acceptors (Lipinski definition) is 2. The fourth-order valence-electron chi connectivity index (χ4n) is 2.55. The normalized spacial score (nSPS) is 25.4. The fourth-order valence-corrected chi connectivity index (χ4v) is 2.55. The van der Waals surface area contributed by atoms with Gasteiger partial charge in [-0.3, -0.25) is 4.90 Å². The Morgan fingerprint density at radius 1 is 1.29 bits per heavy atom. The number of likely N-dealkylation sites (tertiary alicyclic amines) is 1. The molecule has 0 aromatic heterocycles. The molecule has 1 heterocycles. The summed E-state index contributed by atoms with van der Waals surface area (Å²) in [5, 5.41) is 9.02. The Balaban J connectivity index is 2.14. The van der Waals surface area contributed by atoms with Crippen molar-refractivity contribution in [2.45, 2.75) is 32.9 Å². The van der Waals surface area contributed by atoms with Crippen LogP contribution < -0.4 is 0 Å². The van der Waals surface area contributed by atoms with Crippen molar-refractivity contribution in [2.24, 2.45) is 5.92 Å². The van der Waals surface area contributed by atoms with Gasteiger partial charge in [0.1, 0.15) is 0 Å². The number of phenols is 1. The summed E-state index contributed by atoms with van der Waals surface area (Å²) < 4.78 is 26.4. The lowest BCUT2D eigenvalue weighted by molar-refractivity contribution is 0.255. The van der Waals surface area contributed by atoms with Crippen molar-refractivity contribution in [3.05, 3.63) is 29.3 Å². The zero-order chi connectivity index (χ0) is 12.6. The van der Waals surface area contributed by atoms with E-state index in [2.05, 4.69) is 18.7 Å². The highest BCUT2D eigenvalue weighted by Crippen LogP contribution is 2.26. The molecule has 2 atom stereocenters. The number of aromatic hydroxyl groups is 1. The molecule has 1 aromatic carbocycles. The topological polar surface area (TPSA) is 23.5 Å². The van der Waals surface area contributed by atoms with Crippen LogP contribution in [-0.4, -0.2) is 22.6 Å². The molecule has 17 heavy (non-hydrogen) atoms. The Labute approximate surface area is 99.9 Å². The molecular weight excluding hydrogens is 224 g/mol. The van der Waals surface area contributed by atoms with Crippen LogP contribution in [0.1, 0.15) is 25.8 Å². The van der Waals surface area contributed by atoms with E-state index < -0.39 is 17.4 Å². The average molecular weight is 241 g/mol. The van der Waals surface area contributed by atoms with Gasteiger partial charge in [0.05, 0.1) is 0 Å². The maximum atomic E-state index is 13.2. The van der Waals surface area contributed by atoms with Crippen molar-refractivity contribution < 1.29 is 13.9 Å². The van der Waals surface area contributed by atoms with Crippen molar-refractivity contribution in [1.82, 2.24) is 4.90 Å². The molecular formula is C13H17F2NO. The van der Waals surface area contributed by atoms with Crippen molar-refractivity contribution in [1.29, 1.82) is 0 Å². The predicted molar refractivity (Wildman–Crippen MR) is 61.7 cm³/mol. The number of nitrogens with zero attached hydrogens (tertiary/aromatic N) is 1. The molecule has 0 bridgehead atoms. The molecule has 1 aromatic rings. The van der Waals surface area contributed by atoms with Gasteiger partial charge in [0, 0.05) is 19.1 Å². The molecule has 4 heteroatoms. The average Bonchev–Trinajstić information content (AvgIpc) is 2.54. The second-order valence-electron chi connectivity index (χ2n) is 5.03. The Kier molecular flexibility index (Phi) is 3.33. The predicted octanol–water partition coefficient (Wildman–Crippen LogP) is 2.90. The van der Waals surface area contributed by atoms with E-state index >= 15 is 0 Å². The van der Waals surface area contributed by atoms with Gasteiger partial charge >= 0.3 is 0 Å². The molecule has 0 spiro atoms. The van der Waals surface area contributed by atoms with E-state index in [1.54, 1.807) is 0 Å². The van der Waals surface area contributed by atoms with Gasteiger partial charge in [-0.15, -0.1) is 0 Å². The maximum Gasteiger partial charge on any atom is 0.187 e. The molecule has 0 amide bonds. The number of rotatable bonds is 2. The van der Waals surface area contributed by atoms with E-state index in [4.69, 9.17) is 5.11 Å². The minimum Gasteiger partial charge on any atom is -0.503 e. The number of hydrogen-bond donors (Lipinski definition) is 1. The highest BCUT2D eigenvalue weighted by molar-refractivity contribution is 5.30. The van der Waals surface area contributed by atoms with Crippen LogP contribution in [0.3, 0.4) is 0 Å². The van der Waals surface area contributed by atoms with Gasteiger partial charge in [-0.2, -0.15) is 0 Å². The van der Waals surface area contributed by atoms with Gasteiger partial charge in [0.15, 0.2) is 17.4 Å². The summed E-state index contributed by atoms with van der Waals surface area (Å²) in [6, 6.07) is 2.84. The van der Waals surface area contributed by atoms with Crippen molar-refractivity contribution in [2.75, 3.05) is 6.54 Å². The van der Waals surface area contributed by atoms with Crippen LogP contribution in [0.5, 0.6) is 5.75 Å². The van der Waals surface area contributed by atoms with Crippen LogP contribution in [0.25, 0.3) is 0 Å². The van der Waals surface area contributed by atoms with Crippen LogP contribution >= 0.6 is 0 Å². The zero-order valence-electron chi connectivity index (χ0n) is 10.1. The van der Waals surface area contributed by atoms with Crippen LogP contribution in [0.2, 0.25) is 0 Å². The largest absolute Gasteiger partial charge is 0.503 e. The molecule has 0 aliphatic carbocycles. The molecule has 1 fully saturated rings. The van der Waals surface area contributed by atoms with Crippen molar-refractivity contribution in [3.8, 4) is 5.75 Å². The molecule has 1 saturated heterocycles. The summed E-state index contributed by atoms with van der Waals surface area (Å²) in [4.78, 5) is 2.20. The van der Waals surface area contributed by atoms with Gasteiger partial charge in [0.25, 0.3) is 0 Å². The second-order valence-corrected chi connectivity index (χ2v) is 5.03. The number of benzene rings is 1. The SMILES string of the molecule is CC1CC(C)N(Cc2cc(F)c(O)c(F)c2)C1. The second kappa shape index (κ2) is 4.61. The van der Waals surface area contributed by atoms with E-state index in [-0.39, 0.29) is 0 Å². The first-order valence-corrected chi connectivity index (χ1v) is 5.88. The highest BCUT2D eigenvalue weighted by Gasteiger charge is 2.26. The fraction of sp³-hybridized carbons (Fsp3) is 0.538. The number of halogens is 2. The Morgan fingerprint density at radius 3 is 2.35 bits per heavy atom. The molecule has 94 valence electrons. The first kappa shape index (κ1) is 12.3. The smallest absolute Gasteiger partial charge is 0.187 e. The minimum absolute atomic E-state index is 0.435. The van der Waals surface area contributed by atoms with Gasteiger partial charge in [0.2, 0.25) is 0 Å². The first-order chi connectivity index (χ1) is 7.97. The monoisotopic (exact) mass is 241 g/mol. The Bertz CT molecular complexity index is 399. The minimum atomic E-state index is -0.892. The molecule has 0 radical (unpaired) electrons. The Hall–Kier alpha value is -1.16. The quantitative estimate of drug-likeness (QED) is 0.860. The van der Waals surface area contributed by atoms with Crippen molar-refractivity contribution >= 4 is 0 Å². The van der Waals surface area contributed by atoms with E-state index in [0.717, 1.165) is 13.0 Å². The summed E-state index contributed by atoms with van der Waals surface area (Å²) >= 11 is 0. The third-order valence-electron chi connectivity index (χ3n) is 3.38. The summed E-state index contributed by atoms with van der Waals surface area (Å²) in [6.45, 7) is 5.77. The molecule has 2 unspecified atom stereocenters. The Morgan fingerprint density at radius 2 is 1.88 bits per heavy atom. The highest BCUT2D eigenvalue weighted by atomic mass is 19.1. The maximum absolute atomic E-state index is 13.2. The molecule has 2 nitrogen and oxygen atoms in total. The molecule has 1 aliphatic heterocycles. The lowest BCUT2D eigenvalue weighted by Crippen LogP contribution is -2.26. The van der Waals surface area contributed by atoms with Gasteiger partial charge < -0.3 is 5.11 Å². The standard InChI is InChI=1S/C13H17F2NO/c1-8-3-9(2)16(6-8)7-10-4-11(14)13(17)12(15)5-10/h4-5,8-9,17H,3,6-7H2,1-2H3. The third-order valence-corrected chi connectivity index (χ3v) is 3.38. The van der Waals surface area contributed by atoms with Crippen molar-refractivity contribution in [3.63, 3.8) is 0 Å². The molecule has 1 aliphatic rings. The van der Waals surface area contributed by atoms with E-state index in [1.807, 2.05) is 0 Å². The van der Waals surface area contributed by atoms with Gasteiger partial charge in [-0.05, 0) is 37.0 Å². The number of phenolic OH excluding ortho intramolecular Hbond substituents is 1. The lowest BCUT2D eigenvalue weighted by atomic mass is 10.1. The summed E-state index contributed by atoms with van der Waals surface area (Å²) in [5.74, 6) is -2.05. The van der Waals surface area contributed by atoms with E-state index in [9.17, 15) is 8.78 Å². The van der Waals surface area contributed by atoms with Gasteiger partial charge in [-0.1, -0.05) is 6.92 Å². The summed E-state index contributed by atoms with van der Waals surface area (Å²) in [6.07, 6.45) is 1.11. The lowest BCUT2D eigenvalue weighted by Gasteiger charge is -2.21. The molecule has 1 N–H and O–H groups in total. The summed E-state index contributed by atoms with van der Waals surface area (Å²) in [5.41, 5.74) is 0.568. The molecule has 2 rings (SSSR count). The summed E-state index contributed by atoms with van der Waals surface area (Å²) in [7, 11) is 0. The van der Waals surface area contributed by atoms with Crippen LogP contribution in [0.4, 0.5) is 8.78 Å². The third kappa shape index (κ3) is 2.57. The van der Waals surface area contributed by atoms with E-state index in [1.165, 1.54) is 12.1 Å². The van der Waals surface area contributed by atoms with Crippen LogP contribution in [-0.2, 0) is 6.54 Å². The van der Waals surface area contributed by atoms with Gasteiger partial charge in [-0.25, -0.2) is 8.78 Å². The molecule has 0 saturated carbocycles.